The maximum atomic E-state index is 12.2. The van der Waals surface area contributed by atoms with E-state index in [4.69, 9.17) is 5.11 Å². The fourth-order valence-electron chi connectivity index (χ4n) is 1.66. The number of amides is 1. The van der Waals surface area contributed by atoms with Gasteiger partial charge >= 0.3 is 5.97 Å². The van der Waals surface area contributed by atoms with E-state index in [0.717, 1.165) is 31.9 Å². The van der Waals surface area contributed by atoms with Crippen molar-refractivity contribution in [2.75, 3.05) is 13.6 Å². The van der Waals surface area contributed by atoms with Gasteiger partial charge in [-0.1, -0.05) is 19.8 Å². The summed E-state index contributed by atoms with van der Waals surface area (Å²) < 4.78 is 0. The van der Waals surface area contributed by atoms with E-state index >= 15 is 0 Å². The van der Waals surface area contributed by atoms with E-state index in [9.17, 15) is 9.59 Å². The Morgan fingerprint density at radius 3 is 2.79 bits per heavy atom. The number of nitrogens with zero attached hydrogens (tertiary/aromatic N) is 1. The van der Waals surface area contributed by atoms with E-state index < -0.39 is 5.97 Å². The van der Waals surface area contributed by atoms with Crippen LogP contribution < -0.4 is 0 Å². The molecule has 0 fully saturated rings. The Kier molecular flexibility index (Phi) is 6.29. The zero-order valence-electron chi connectivity index (χ0n) is 11.3. The molecule has 0 unspecified atom stereocenters. The summed E-state index contributed by atoms with van der Waals surface area (Å²) in [5, 5.41) is 10.4. The number of aliphatic carboxylic acids is 1. The molecule has 1 rings (SSSR count). The first-order valence-electron chi connectivity index (χ1n) is 6.30. The molecule has 1 amide bonds. The number of carboxylic acids is 1. The highest BCUT2D eigenvalue weighted by Gasteiger charge is 2.15. The predicted molar refractivity (Wildman–Crippen MR) is 77.5 cm³/mol. The Morgan fingerprint density at radius 1 is 1.42 bits per heavy atom. The number of unbranched alkanes of at least 4 members (excludes halogenated alkanes) is 2. The lowest BCUT2D eigenvalue weighted by Crippen LogP contribution is -2.27. The standard InChI is InChI=1S/C14H19NO3S/c1-3-4-5-9-15(2)14(18)13-11(8-10-19-13)6-7-12(16)17/h6-8,10H,3-5,9H2,1-2H3,(H,16,17)/b7-6+. The lowest BCUT2D eigenvalue weighted by molar-refractivity contribution is -0.131. The van der Waals surface area contributed by atoms with E-state index in [0.29, 0.717) is 10.4 Å². The zero-order chi connectivity index (χ0) is 14.3. The third-order valence-corrected chi connectivity index (χ3v) is 3.66. The van der Waals surface area contributed by atoms with Gasteiger partial charge in [-0.05, 0) is 29.5 Å². The van der Waals surface area contributed by atoms with Gasteiger partial charge in [-0.3, -0.25) is 4.79 Å². The van der Waals surface area contributed by atoms with Crippen molar-refractivity contribution in [2.24, 2.45) is 0 Å². The molecule has 19 heavy (non-hydrogen) atoms. The van der Waals surface area contributed by atoms with Crippen LogP contribution in [0.2, 0.25) is 0 Å². The lowest BCUT2D eigenvalue weighted by atomic mass is 10.2. The second kappa shape index (κ2) is 7.74. The van der Waals surface area contributed by atoms with E-state index in [1.165, 1.54) is 17.4 Å². The Morgan fingerprint density at radius 2 is 2.16 bits per heavy atom. The van der Waals surface area contributed by atoms with Gasteiger partial charge in [0.2, 0.25) is 0 Å². The van der Waals surface area contributed by atoms with Gasteiger partial charge in [-0.25, -0.2) is 4.79 Å². The van der Waals surface area contributed by atoms with Gasteiger partial charge in [0.15, 0.2) is 0 Å². The monoisotopic (exact) mass is 281 g/mol. The molecule has 0 aliphatic carbocycles. The van der Waals surface area contributed by atoms with Crippen LogP contribution in [0, 0.1) is 0 Å². The van der Waals surface area contributed by atoms with E-state index in [2.05, 4.69) is 6.92 Å². The minimum absolute atomic E-state index is 0.0452. The Labute approximate surface area is 117 Å². The number of hydrogen-bond acceptors (Lipinski definition) is 3. The van der Waals surface area contributed by atoms with Gasteiger partial charge in [0.25, 0.3) is 5.91 Å². The summed E-state index contributed by atoms with van der Waals surface area (Å²) in [5.74, 6) is -1.06. The van der Waals surface area contributed by atoms with Gasteiger partial charge in [0.1, 0.15) is 0 Å². The first-order valence-corrected chi connectivity index (χ1v) is 7.18. The van der Waals surface area contributed by atoms with Gasteiger partial charge in [0, 0.05) is 19.7 Å². The van der Waals surface area contributed by atoms with E-state index in [1.54, 1.807) is 23.4 Å². The van der Waals surface area contributed by atoms with Crippen LogP contribution in [0.1, 0.15) is 41.4 Å². The number of carboxylic acid groups (broad SMARTS) is 1. The fourth-order valence-corrected chi connectivity index (χ4v) is 2.54. The molecule has 4 nitrogen and oxygen atoms in total. The van der Waals surface area contributed by atoms with Crippen LogP contribution in [0.4, 0.5) is 0 Å². The average molecular weight is 281 g/mol. The Balaban J connectivity index is 2.71. The number of rotatable bonds is 7. The second-order valence-corrected chi connectivity index (χ2v) is 5.23. The highest BCUT2D eigenvalue weighted by molar-refractivity contribution is 7.12. The summed E-state index contributed by atoms with van der Waals surface area (Å²) in [4.78, 5) is 25.0. The molecule has 1 aromatic heterocycles. The molecule has 0 bridgehead atoms. The third kappa shape index (κ3) is 4.87. The third-order valence-electron chi connectivity index (χ3n) is 2.74. The van der Waals surface area contributed by atoms with Crippen LogP contribution in [-0.2, 0) is 4.79 Å². The molecule has 0 aromatic carbocycles. The summed E-state index contributed by atoms with van der Waals surface area (Å²) in [6.07, 6.45) is 5.73. The number of carbonyl (C=O) groups excluding carboxylic acids is 1. The molecule has 1 N–H and O–H groups in total. The van der Waals surface area contributed by atoms with Crippen molar-refractivity contribution in [3.8, 4) is 0 Å². The normalized spacial score (nSPS) is 10.8. The topological polar surface area (TPSA) is 57.6 Å². The molecule has 0 aliphatic heterocycles. The van der Waals surface area contributed by atoms with Crippen molar-refractivity contribution in [3.05, 3.63) is 28.0 Å². The zero-order valence-corrected chi connectivity index (χ0v) is 12.1. The summed E-state index contributed by atoms with van der Waals surface area (Å²) in [7, 11) is 1.78. The molecule has 0 saturated heterocycles. The molecule has 0 radical (unpaired) electrons. The smallest absolute Gasteiger partial charge is 0.328 e. The largest absolute Gasteiger partial charge is 0.478 e. The van der Waals surface area contributed by atoms with Crippen molar-refractivity contribution < 1.29 is 14.7 Å². The highest BCUT2D eigenvalue weighted by atomic mass is 32.1. The van der Waals surface area contributed by atoms with Gasteiger partial charge in [0.05, 0.1) is 4.88 Å². The van der Waals surface area contributed by atoms with Crippen LogP contribution in [0.15, 0.2) is 17.5 Å². The fraction of sp³-hybridized carbons (Fsp3) is 0.429. The van der Waals surface area contributed by atoms with E-state index in [-0.39, 0.29) is 5.91 Å². The van der Waals surface area contributed by atoms with Crippen LogP contribution in [0.25, 0.3) is 6.08 Å². The van der Waals surface area contributed by atoms with Crippen LogP contribution in [0.3, 0.4) is 0 Å². The molecule has 0 aliphatic rings. The molecule has 0 spiro atoms. The maximum Gasteiger partial charge on any atom is 0.328 e. The van der Waals surface area contributed by atoms with Crippen molar-refractivity contribution in [3.63, 3.8) is 0 Å². The molecule has 0 atom stereocenters. The lowest BCUT2D eigenvalue weighted by Gasteiger charge is -2.16. The second-order valence-electron chi connectivity index (χ2n) is 4.31. The number of carbonyl (C=O) groups is 2. The van der Waals surface area contributed by atoms with Crippen molar-refractivity contribution in [2.45, 2.75) is 26.2 Å². The molecule has 0 saturated carbocycles. The molecule has 1 aromatic rings. The predicted octanol–water partition coefficient (Wildman–Crippen LogP) is 3.11. The molecule has 1 heterocycles. The molecule has 104 valence electrons. The Hall–Kier alpha value is -1.62. The summed E-state index contributed by atoms with van der Waals surface area (Å²) in [6, 6.07) is 1.76. The molecule has 5 heteroatoms. The highest BCUT2D eigenvalue weighted by Crippen LogP contribution is 2.20. The minimum atomic E-state index is -1.01. The van der Waals surface area contributed by atoms with E-state index in [1.807, 2.05) is 0 Å². The van der Waals surface area contributed by atoms with Crippen LogP contribution in [-0.4, -0.2) is 35.5 Å². The Bertz CT molecular complexity index is 465. The van der Waals surface area contributed by atoms with Gasteiger partial charge in [-0.15, -0.1) is 11.3 Å². The van der Waals surface area contributed by atoms with Crippen LogP contribution in [0.5, 0.6) is 0 Å². The minimum Gasteiger partial charge on any atom is -0.478 e. The van der Waals surface area contributed by atoms with Crippen molar-refractivity contribution >= 4 is 29.3 Å². The molecular formula is C14H19NO3S. The molecular weight excluding hydrogens is 262 g/mol. The summed E-state index contributed by atoms with van der Waals surface area (Å²) >= 11 is 1.34. The summed E-state index contributed by atoms with van der Waals surface area (Å²) in [6.45, 7) is 2.85. The average Bonchev–Trinajstić information content (AvgIpc) is 2.83. The quantitative estimate of drug-likeness (QED) is 0.617. The summed E-state index contributed by atoms with van der Waals surface area (Å²) in [5.41, 5.74) is 0.666. The number of thiophene rings is 1. The first kappa shape index (κ1) is 15.4. The SMILES string of the molecule is CCCCCN(C)C(=O)c1sccc1/C=C/C(=O)O. The van der Waals surface area contributed by atoms with Crippen molar-refractivity contribution in [1.29, 1.82) is 0 Å². The van der Waals surface area contributed by atoms with Gasteiger partial charge < -0.3 is 10.0 Å². The number of hydrogen-bond donors (Lipinski definition) is 1. The van der Waals surface area contributed by atoms with Gasteiger partial charge in [-0.2, -0.15) is 0 Å². The van der Waals surface area contributed by atoms with Crippen LogP contribution >= 0.6 is 11.3 Å². The van der Waals surface area contributed by atoms with Crippen molar-refractivity contribution in [1.82, 2.24) is 4.90 Å². The maximum absolute atomic E-state index is 12.2. The first-order chi connectivity index (χ1) is 9.06.